The van der Waals surface area contributed by atoms with Gasteiger partial charge in [-0.15, -0.1) is 10.2 Å². The van der Waals surface area contributed by atoms with E-state index in [1.165, 1.54) is 18.9 Å². The number of methoxy groups -OCH3 is 1. The van der Waals surface area contributed by atoms with Crippen molar-refractivity contribution in [1.82, 2.24) is 19.2 Å². The SMILES string of the molecule is COC(=O)c1ccc(CSc2nnc3n(-c4ccccc4C)c(=O)c4ccccc4n23)cc1. The van der Waals surface area contributed by atoms with Gasteiger partial charge in [-0.1, -0.05) is 54.2 Å². The number of fused-ring (bicyclic) bond motifs is 3. The fraction of sp³-hybridized carbons (Fsp3) is 0.120. The molecule has 5 rings (SSSR count). The van der Waals surface area contributed by atoms with E-state index >= 15 is 0 Å². The van der Waals surface area contributed by atoms with E-state index in [1.807, 2.05) is 72.0 Å². The van der Waals surface area contributed by atoms with E-state index in [9.17, 15) is 9.59 Å². The molecule has 0 aliphatic rings. The van der Waals surface area contributed by atoms with Crippen LogP contribution in [0.15, 0.2) is 82.7 Å². The standard InChI is InChI=1S/C25H20N4O3S/c1-16-7-3-5-9-20(16)28-22(30)19-8-4-6-10-21(19)29-24(28)26-27-25(29)33-15-17-11-13-18(14-12-17)23(31)32-2/h3-14H,15H2,1-2H3. The van der Waals surface area contributed by atoms with Crippen LogP contribution in [0.4, 0.5) is 0 Å². The summed E-state index contributed by atoms with van der Waals surface area (Å²) in [6.45, 7) is 1.97. The smallest absolute Gasteiger partial charge is 0.337 e. The van der Waals surface area contributed by atoms with E-state index in [1.54, 1.807) is 16.7 Å². The predicted molar refractivity (Wildman–Crippen MR) is 128 cm³/mol. The molecule has 0 aliphatic carbocycles. The lowest BCUT2D eigenvalue weighted by Gasteiger charge is -2.13. The molecule has 2 heterocycles. The third-order valence-corrected chi connectivity index (χ3v) is 6.49. The van der Waals surface area contributed by atoms with Crippen LogP contribution in [0.2, 0.25) is 0 Å². The summed E-state index contributed by atoms with van der Waals surface area (Å²) in [5.41, 5.74) is 3.92. The third kappa shape index (κ3) is 3.68. The van der Waals surface area contributed by atoms with Crippen molar-refractivity contribution in [2.45, 2.75) is 17.8 Å². The van der Waals surface area contributed by atoms with Gasteiger partial charge in [-0.05, 0) is 48.4 Å². The van der Waals surface area contributed by atoms with Gasteiger partial charge < -0.3 is 4.74 Å². The Hall–Kier alpha value is -3.91. The van der Waals surface area contributed by atoms with Gasteiger partial charge in [-0.3, -0.25) is 9.20 Å². The number of carbonyl (C=O) groups excluding carboxylic acids is 1. The van der Waals surface area contributed by atoms with Gasteiger partial charge in [0, 0.05) is 5.75 Å². The van der Waals surface area contributed by atoms with Crippen molar-refractivity contribution >= 4 is 34.4 Å². The summed E-state index contributed by atoms with van der Waals surface area (Å²) in [5, 5.41) is 10.1. The van der Waals surface area contributed by atoms with E-state index in [2.05, 4.69) is 10.2 Å². The Morgan fingerprint density at radius 1 is 0.970 bits per heavy atom. The Bertz CT molecular complexity index is 1550. The van der Waals surface area contributed by atoms with Crippen molar-refractivity contribution < 1.29 is 9.53 Å². The van der Waals surface area contributed by atoms with Crippen molar-refractivity contribution in [2.24, 2.45) is 0 Å². The lowest BCUT2D eigenvalue weighted by atomic mass is 10.1. The van der Waals surface area contributed by atoms with Crippen molar-refractivity contribution in [3.8, 4) is 5.69 Å². The molecular weight excluding hydrogens is 436 g/mol. The van der Waals surface area contributed by atoms with Crippen LogP contribution in [0, 0.1) is 6.92 Å². The van der Waals surface area contributed by atoms with E-state index in [0.29, 0.717) is 27.6 Å². The molecular formula is C25H20N4O3S. The van der Waals surface area contributed by atoms with Crippen LogP contribution in [0.5, 0.6) is 0 Å². The summed E-state index contributed by atoms with van der Waals surface area (Å²) in [6, 6.07) is 22.5. The zero-order valence-electron chi connectivity index (χ0n) is 18.1. The normalized spacial score (nSPS) is 11.2. The summed E-state index contributed by atoms with van der Waals surface area (Å²) < 4.78 is 8.31. The second-order valence-corrected chi connectivity index (χ2v) is 8.48. The monoisotopic (exact) mass is 456 g/mol. The van der Waals surface area contributed by atoms with E-state index < -0.39 is 0 Å². The largest absolute Gasteiger partial charge is 0.465 e. The van der Waals surface area contributed by atoms with Crippen LogP contribution < -0.4 is 5.56 Å². The highest BCUT2D eigenvalue weighted by Gasteiger charge is 2.18. The van der Waals surface area contributed by atoms with Crippen molar-refractivity contribution in [3.05, 3.63) is 99.8 Å². The molecule has 0 bridgehead atoms. The average molecular weight is 457 g/mol. The van der Waals surface area contributed by atoms with Gasteiger partial charge in [0.1, 0.15) is 0 Å². The molecule has 0 radical (unpaired) electrons. The Morgan fingerprint density at radius 2 is 1.70 bits per heavy atom. The molecule has 0 aliphatic heterocycles. The molecule has 0 saturated heterocycles. The van der Waals surface area contributed by atoms with E-state index in [-0.39, 0.29) is 11.5 Å². The highest BCUT2D eigenvalue weighted by molar-refractivity contribution is 7.98. The molecule has 164 valence electrons. The zero-order chi connectivity index (χ0) is 22.9. The Labute approximate surface area is 193 Å². The number of benzene rings is 3. The topological polar surface area (TPSA) is 78.5 Å². The molecule has 0 fully saturated rings. The summed E-state index contributed by atoms with van der Waals surface area (Å²) in [4.78, 5) is 25.1. The molecule has 0 N–H and O–H groups in total. The lowest BCUT2D eigenvalue weighted by molar-refractivity contribution is 0.0600. The Morgan fingerprint density at radius 3 is 2.45 bits per heavy atom. The summed E-state index contributed by atoms with van der Waals surface area (Å²) in [6.07, 6.45) is 0. The van der Waals surface area contributed by atoms with Gasteiger partial charge in [0.05, 0.1) is 29.3 Å². The fourth-order valence-electron chi connectivity index (χ4n) is 3.81. The van der Waals surface area contributed by atoms with Crippen LogP contribution in [0.25, 0.3) is 22.4 Å². The van der Waals surface area contributed by atoms with Crippen LogP contribution in [0.1, 0.15) is 21.5 Å². The molecule has 7 nitrogen and oxygen atoms in total. The van der Waals surface area contributed by atoms with Crippen LogP contribution in [-0.2, 0) is 10.5 Å². The number of para-hydroxylation sites is 2. The third-order valence-electron chi connectivity index (χ3n) is 5.49. The number of thioether (sulfide) groups is 1. The summed E-state index contributed by atoms with van der Waals surface area (Å²) >= 11 is 1.52. The van der Waals surface area contributed by atoms with Gasteiger partial charge >= 0.3 is 5.97 Å². The van der Waals surface area contributed by atoms with Crippen LogP contribution >= 0.6 is 11.8 Å². The minimum atomic E-state index is -0.363. The van der Waals surface area contributed by atoms with Gasteiger partial charge in [-0.25, -0.2) is 9.36 Å². The molecule has 0 spiro atoms. The number of aryl methyl sites for hydroxylation is 1. The van der Waals surface area contributed by atoms with Gasteiger partial charge in [-0.2, -0.15) is 0 Å². The van der Waals surface area contributed by atoms with Gasteiger partial charge in [0.15, 0.2) is 5.16 Å². The lowest BCUT2D eigenvalue weighted by Crippen LogP contribution is -2.22. The second-order valence-electron chi connectivity index (χ2n) is 7.54. The molecule has 0 amide bonds. The maximum absolute atomic E-state index is 13.4. The first kappa shape index (κ1) is 21.0. The zero-order valence-corrected chi connectivity index (χ0v) is 18.9. The van der Waals surface area contributed by atoms with E-state index in [0.717, 1.165) is 22.3 Å². The molecule has 2 aromatic heterocycles. The number of hydrogen-bond acceptors (Lipinski definition) is 6. The summed E-state index contributed by atoms with van der Waals surface area (Å²) in [5.74, 6) is 0.731. The number of hydrogen-bond donors (Lipinski definition) is 0. The van der Waals surface area contributed by atoms with Crippen LogP contribution in [0.3, 0.4) is 0 Å². The fourth-order valence-corrected chi connectivity index (χ4v) is 4.70. The molecule has 3 aromatic carbocycles. The first-order valence-electron chi connectivity index (χ1n) is 10.3. The van der Waals surface area contributed by atoms with Gasteiger partial charge in [0.25, 0.3) is 5.56 Å². The highest BCUT2D eigenvalue weighted by atomic mass is 32.2. The minimum absolute atomic E-state index is 0.130. The first-order valence-corrected chi connectivity index (χ1v) is 11.3. The van der Waals surface area contributed by atoms with Crippen molar-refractivity contribution in [1.29, 1.82) is 0 Å². The predicted octanol–water partition coefficient (Wildman–Crippen LogP) is 4.42. The van der Waals surface area contributed by atoms with Crippen molar-refractivity contribution in [2.75, 3.05) is 7.11 Å². The average Bonchev–Trinajstić information content (AvgIpc) is 3.27. The number of nitrogens with zero attached hydrogens (tertiary/aromatic N) is 4. The quantitative estimate of drug-likeness (QED) is 0.288. The van der Waals surface area contributed by atoms with Gasteiger partial charge in [0.2, 0.25) is 5.78 Å². The maximum atomic E-state index is 13.4. The Kier molecular flexibility index (Phi) is 5.43. The Balaban J connectivity index is 1.61. The first-order chi connectivity index (χ1) is 16.1. The van der Waals surface area contributed by atoms with Crippen molar-refractivity contribution in [3.63, 3.8) is 0 Å². The molecule has 33 heavy (non-hydrogen) atoms. The molecule has 8 heteroatoms. The molecule has 0 unspecified atom stereocenters. The summed E-state index contributed by atoms with van der Waals surface area (Å²) in [7, 11) is 1.36. The number of carbonyl (C=O) groups is 1. The minimum Gasteiger partial charge on any atom is -0.465 e. The number of esters is 1. The molecule has 0 saturated carbocycles. The number of ether oxygens (including phenoxy) is 1. The number of aromatic nitrogens is 4. The van der Waals surface area contributed by atoms with Crippen LogP contribution in [-0.4, -0.2) is 32.2 Å². The number of rotatable bonds is 5. The van der Waals surface area contributed by atoms with E-state index in [4.69, 9.17) is 4.74 Å². The molecule has 5 aromatic rings. The maximum Gasteiger partial charge on any atom is 0.337 e. The molecule has 0 atom stereocenters. The second kappa shape index (κ2) is 8.55. The highest BCUT2D eigenvalue weighted by Crippen LogP contribution is 2.26.